The van der Waals surface area contributed by atoms with Gasteiger partial charge in [-0.05, 0) is 30.2 Å². The number of halogens is 3. The van der Waals surface area contributed by atoms with Crippen LogP contribution >= 0.6 is 0 Å². The summed E-state index contributed by atoms with van der Waals surface area (Å²) in [6.45, 7) is 0. The molecule has 6 heteroatoms. The lowest BCUT2D eigenvalue weighted by atomic mass is 10.1. The van der Waals surface area contributed by atoms with Gasteiger partial charge in [-0.25, -0.2) is 0 Å². The molecule has 2 rings (SSSR count). The van der Waals surface area contributed by atoms with Gasteiger partial charge in [-0.1, -0.05) is 0 Å². The van der Waals surface area contributed by atoms with Crippen LogP contribution < -0.4 is 0 Å². The van der Waals surface area contributed by atoms with Crippen molar-refractivity contribution < 1.29 is 23.1 Å². The van der Waals surface area contributed by atoms with E-state index >= 15 is 0 Å². The molecule has 0 saturated heterocycles. The molecule has 0 bridgehead atoms. The number of carboxylic acids is 1. The number of nitrogens with one attached hydrogen (secondary N) is 1. The van der Waals surface area contributed by atoms with E-state index in [1.54, 1.807) is 6.20 Å². The third-order valence-electron chi connectivity index (χ3n) is 2.70. The Morgan fingerprint density at radius 1 is 1.33 bits per heavy atom. The van der Waals surface area contributed by atoms with Gasteiger partial charge in [-0.3, -0.25) is 4.79 Å². The molecule has 18 heavy (non-hydrogen) atoms. The van der Waals surface area contributed by atoms with Crippen LogP contribution in [0.5, 0.6) is 0 Å². The Labute approximate surface area is 100 Å². The van der Waals surface area contributed by atoms with Crippen molar-refractivity contribution in [3.8, 4) is 0 Å². The lowest BCUT2D eigenvalue weighted by Gasteiger charge is -2.06. The van der Waals surface area contributed by atoms with Crippen molar-refractivity contribution in [3.05, 3.63) is 35.5 Å². The van der Waals surface area contributed by atoms with E-state index < -0.39 is 17.7 Å². The van der Waals surface area contributed by atoms with Gasteiger partial charge in [0.15, 0.2) is 0 Å². The second-order valence-electron chi connectivity index (χ2n) is 3.97. The van der Waals surface area contributed by atoms with Gasteiger partial charge in [-0.2, -0.15) is 13.2 Å². The first-order valence-corrected chi connectivity index (χ1v) is 5.27. The molecular formula is C12H10F3NO2. The number of aryl methyl sites for hydroxylation is 1. The Morgan fingerprint density at radius 2 is 2.06 bits per heavy atom. The molecule has 0 radical (unpaired) electrons. The van der Waals surface area contributed by atoms with Crippen LogP contribution in [0.1, 0.15) is 17.5 Å². The SMILES string of the molecule is O=C(O)CCc1c[nH]c2ccc(C(F)(F)F)cc12. The average Bonchev–Trinajstić information content (AvgIpc) is 2.67. The Balaban J connectivity index is 2.40. The van der Waals surface area contributed by atoms with Gasteiger partial charge in [0, 0.05) is 23.5 Å². The number of aromatic nitrogens is 1. The molecule has 0 saturated carbocycles. The fourth-order valence-corrected chi connectivity index (χ4v) is 1.80. The topological polar surface area (TPSA) is 53.1 Å². The van der Waals surface area contributed by atoms with Crippen molar-refractivity contribution in [2.75, 3.05) is 0 Å². The Morgan fingerprint density at radius 3 is 2.67 bits per heavy atom. The van der Waals surface area contributed by atoms with Crippen LogP contribution in [0.15, 0.2) is 24.4 Å². The summed E-state index contributed by atoms with van der Waals surface area (Å²) in [7, 11) is 0. The molecule has 0 unspecified atom stereocenters. The summed E-state index contributed by atoms with van der Waals surface area (Å²) in [4.78, 5) is 13.3. The third kappa shape index (κ3) is 2.47. The number of rotatable bonds is 3. The Bertz CT molecular complexity index is 587. The quantitative estimate of drug-likeness (QED) is 0.887. The minimum absolute atomic E-state index is 0.108. The number of carbonyl (C=O) groups is 1. The lowest BCUT2D eigenvalue weighted by Crippen LogP contribution is -2.04. The zero-order valence-corrected chi connectivity index (χ0v) is 9.21. The molecule has 1 aromatic heterocycles. The van der Waals surface area contributed by atoms with Crippen molar-refractivity contribution in [1.82, 2.24) is 4.98 Å². The molecule has 2 N–H and O–H groups in total. The summed E-state index contributed by atoms with van der Waals surface area (Å²) in [5.41, 5.74) is 0.424. The minimum Gasteiger partial charge on any atom is -0.481 e. The smallest absolute Gasteiger partial charge is 0.416 e. The molecule has 0 spiro atoms. The molecule has 0 aliphatic rings. The fourth-order valence-electron chi connectivity index (χ4n) is 1.80. The summed E-state index contributed by atoms with van der Waals surface area (Å²) >= 11 is 0. The number of aromatic amines is 1. The lowest BCUT2D eigenvalue weighted by molar-refractivity contribution is -0.138. The standard InChI is InChI=1S/C12H10F3NO2/c13-12(14,15)8-2-3-10-9(5-8)7(6-16-10)1-4-11(17)18/h2-3,5-6,16H,1,4H2,(H,17,18). The number of benzene rings is 1. The number of carboxylic acid groups (broad SMARTS) is 1. The van der Waals surface area contributed by atoms with Gasteiger partial charge in [0.25, 0.3) is 0 Å². The van der Waals surface area contributed by atoms with E-state index in [0.717, 1.165) is 12.1 Å². The summed E-state index contributed by atoms with van der Waals surface area (Å²) < 4.78 is 37.7. The summed E-state index contributed by atoms with van der Waals surface area (Å²) in [6, 6.07) is 3.39. The fraction of sp³-hybridized carbons (Fsp3) is 0.250. The predicted molar refractivity (Wildman–Crippen MR) is 59.3 cm³/mol. The molecule has 1 aromatic carbocycles. The molecule has 3 nitrogen and oxygen atoms in total. The number of fused-ring (bicyclic) bond motifs is 1. The minimum atomic E-state index is -4.39. The van der Waals surface area contributed by atoms with Crippen molar-refractivity contribution in [1.29, 1.82) is 0 Å². The zero-order chi connectivity index (χ0) is 13.3. The Kier molecular flexibility index (Phi) is 3.02. The molecular weight excluding hydrogens is 247 g/mol. The number of aliphatic carboxylic acids is 1. The largest absolute Gasteiger partial charge is 0.481 e. The zero-order valence-electron chi connectivity index (χ0n) is 9.21. The van der Waals surface area contributed by atoms with E-state index in [9.17, 15) is 18.0 Å². The first kappa shape index (κ1) is 12.5. The van der Waals surface area contributed by atoms with Crippen molar-refractivity contribution in [2.45, 2.75) is 19.0 Å². The maximum absolute atomic E-state index is 12.6. The first-order valence-electron chi connectivity index (χ1n) is 5.27. The van der Waals surface area contributed by atoms with E-state index in [4.69, 9.17) is 5.11 Å². The van der Waals surface area contributed by atoms with Gasteiger partial charge >= 0.3 is 12.1 Å². The molecule has 2 aromatic rings. The van der Waals surface area contributed by atoms with E-state index in [-0.39, 0.29) is 12.8 Å². The Hall–Kier alpha value is -1.98. The highest BCUT2D eigenvalue weighted by molar-refractivity contribution is 5.84. The second kappa shape index (κ2) is 4.36. The molecule has 0 atom stereocenters. The third-order valence-corrected chi connectivity index (χ3v) is 2.70. The van der Waals surface area contributed by atoms with Crippen LogP contribution in [0.3, 0.4) is 0 Å². The van der Waals surface area contributed by atoms with Crippen LogP contribution in [-0.4, -0.2) is 16.1 Å². The summed E-state index contributed by atoms with van der Waals surface area (Å²) in [5, 5.41) is 9.00. The van der Waals surface area contributed by atoms with Crippen LogP contribution in [-0.2, 0) is 17.4 Å². The number of hydrogen-bond donors (Lipinski definition) is 2. The van der Waals surface area contributed by atoms with Gasteiger partial charge < -0.3 is 10.1 Å². The highest BCUT2D eigenvalue weighted by atomic mass is 19.4. The van der Waals surface area contributed by atoms with E-state index in [1.807, 2.05) is 0 Å². The number of H-pyrrole nitrogens is 1. The van der Waals surface area contributed by atoms with E-state index in [1.165, 1.54) is 6.07 Å². The van der Waals surface area contributed by atoms with Gasteiger partial charge in [0.1, 0.15) is 0 Å². The molecule has 0 amide bonds. The highest BCUT2D eigenvalue weighted by Gasteiger charge is 2.30. The molecule has 1 heterocycles. The second-order valence-corrected chi connectivity index (χ2v) is 3.97. The number of hydrogen-bond acceptors (Lipinski definition) is 1. The van der Waals surface area contributed by atoms with Gasteiger partial charge in [-0.15, -0.1) is 0 Å². The molecule has 96 valence electrons. The normalized spacial score (nSPS) is 11.9. The van der Waals surface area contributed by atoms with Crippen LogP contribution in [0.4, 0.5) is 13.2 Å². The molecule has 0 aliphatic carbocycles. The van der Waals surface area contributed by atoms with Gasteiger partial charge in [0.05, 0.1) is 5.56 Å². The van der Waals surface area contributed by atoms with Crippen molar-refractivity contribution in [3.63, 3.8) is 0 Å². The van der Waals surface area contributed by atoms with Crippen molar-refractivity contribution >= 4 is 16.9 Å². The van der Waals surface area contributed by atoms with Crippen molar-refractivity contribution in [2.24, 2.45) is 0 Å². The summed E-state index contributed by atoms with van der Waals surface area (Å²) in [6.07, 6.45) is -2.75. The predicted octanol–water partition coefficient (Wildman–Crippen LogP) is 3.20. The first-order chi connectivity index (χ1) is 8.38. The van der Waals surface area contributed by atoms with E-state index in [2.05, 4.69) is 4.98 Å². The monoisotopic (exact) mass is 257 g/mol. The van der Waals surface area contributed by atoms with Gasteiger partial charge in [0.2, 0.25) is 0 Å². The van der Waals surface area contributed by atoms with Crippen LogP contribution in [0, 0.1) is 0 Å². The highest BCUT2D eigenvalue weighted by Crippen LogP contribution is 2.32. The maximum atomic E-state index is 12.6. The van der Waals surface area contributed by atoms with Crippen LogP contribution in [0.2, 0.25) is 0 Å². The molecule has 0 fully saturated rings. The maximum Gasteiger partial charge on any atom is 0.416 e. The van der Waals surface area contributed by atoms with Crippen LogP contribution in [0.25, 0.3) is 10.9 Å². The molecule has 0 aliphatic heterocycles. The van der Waals surface area contributed by atoms with E-state index in [0.29, 0.717) is 16.5 Å². The summed E-state index contributed by atoms with van der Waals surface area (Å²) in [5.74, 6) is -0.976. The average molecular weight is 257 g/mol. The number of alkyl halides is 3.